The summed E-state index contributed by atoms with van der Waals surface area (Å²) in [6.45, 7) is 1.52. The molecule has 0 aromatic heterocycles. The van der Waals surface area contributed by atoms with Gasteiger partial charge in [-0.1, -0.05) is 6.42 Å². The Morgan fingerprint density at radius 3 is 2.65 bits per heavy atom. The number of nitrogens with one attached hydrogen (secondary N) is 1. The number of hydrogen-bond acceptors (Lipinski definition) is 5. The van der Waals surface area contributed by atoms with Gasteiger partial charge in [0.1, 0.15) is 18.0 Å². The highest BCUT2D eigenvalue weighted by atomic mass is 16.6. The molecule has 7 nitrogen and oxygen atoms in total. The number of ether oxygens (including phenoxy) is 2. The van der Waals surface area contributed by atoms with E-state index in [1.54, 1.807) is 0 Å². The van der Waals surface area contributed by atoms with E-state index in [9.17, 15) is 14.7 Å². The molecule has 0 radical (unpaired) electrons. The van der Waals surface area contributed by atoms with Crippen LogP contribution in [0.1, 0.15) is 62.8 Å². The first-order chi connectivity index (χ1) is 15.1. The van der Waals surface area contributed by atoms with Crippen molar-refractivity contribution in [3.05, 3.63) is 23.8 Å². The molecule has 2 saturated heterocycles. The molecular weight excluding hydrogens is 396 g/mol. The van der Waals surface area contributed by atoms with Gasteiger partial charge in [-0.25, -0.2) is 0 Å². The van der Waals surface area contributed by atoms with Gasteiger partial charge >= 0.3 is 0 Å². The molecule has 7 heteroatoms. The van der Waals surface area contributed by atoms with Crippen LogP contribution in [0, 0.1) is 5.92 Å². The molecule has 3 heterocycles. The van der Waals surface area contributed by atoms with Gasteiger partial charge < -0.3 is 24.8 Å². The number of piperidine rings is 1. The summed E-state index contributed by atoms with van der Waals surface area (Å²) in [5.74, 6) is 1.18. The predicted molar refractivity (Wildman–Crippen MR) is 115 cm³/mol. The van der Waals surface area contributed by atoms with E-state index in [4.69, 9.17) is 9.47 Å². The number of carbonyl (C=O) groups excluding carboxylic acids is 2. The Kier molecular flexibility index (Phi) is 5.89. The fourth-order valence-corrected chi connectivity index (χ4v) is 5.35. The second-order valence-electron chi connectivity index (χ2n) is 9.42. The second-order valence-corrected chi connectivity index (χ2v) is 9.42. The van der Waals surface area contributed by atoms with Crippen LogP contribution in [0.2, 0.25) is 0 Å². The lowest BCUT2D eigenvalue weighted by Gasteiger charge is -2.38. The fourth-order valence-electron chi connectivity index (χ4n) is 5.35. The molecular formula is C24H32N2O5. The molecule has 0 unspecified atom stereocenters. The van der Waals surface area contributed by atoms with Gasteiger partial charge in [0.15, 0.2) is 0 Å². The van der Waals surface area contributed by atoms with Gasteiger partial charge in [-0.05, 0) is 56.7 Å². The summed E-state index contributed by atoms with van der Waals surface area (Å²) in [6.07, 6.45) is 6.43. The molecule has 0 bridgehead atoms. The van der Waals surface area contributed by atoms with Crippen molar-refractivity contribution in [1.29, 1.82) is 0 Å². The first kappa shape index (κ1) is 20.8. The molecule has 1 aromatic carbocycles. The number of fused-ring (bicyclic) bond motifs is 3. The van der Waals surface area contributed by atoms with Crippen molar-refractivity contribution in [2.24, 2.45) is 5.92 Å². The number of amides is 2. The third kappa shape index (κ3) is 4.17. The van der Waals surface area contributed by atoms with Crippen molar-refractivity contribution in [3.8, 4) is 5.75 Å². The molecule has 168 valence electrons. The smallest absolute Gasteiger partial charge is 0.227 e. The van der Waals surface area contributed by atoms with Crippen LogP contribution in [0.15, 0.2) is 18.2 Å². The zero-order chi connectivity index (χ0) is 21.4. The fraction of sp³-hybridized carbons (Fsp3) is 0.667. The summed E-state index contributed by atoms with van der Waals surface area (Å²) in [5.41, 5.74) is 1.82. The largest absolute Gasteiger partial charge is 0.487 e. The van der Waals surface area contributed by atoms with Crippen LogP contribution in [-0.2, 0) is 14.3 Å². The maximum atomic E-state index is 12.8. The summed E-state index contributed by atoms with van der Waals surface area (Å²) in [7, 11) is 0. The molecule has 4 atom stereocenters. The van der Waals surface area contributed by atoms with E-state index in [2.05, 4.69) is 5.32 Å². The number of benzene rings is 1. The number of hydrogen-bond donors (Lipinski definition) is 2. The maximum Gasteiger partial charge on any atom is 0.227 e. The summed E-state index contributed by atoms with van der Waals surface area (Å²) in [6, 6.07) is 5.77. The molecule has 2 N–H and O–H groups in total. The van der Waals surface area contributed by atoms with Crippen LogP contribution >= 0.6 is 0 Å². The summed E-state index contributed by atoms with van der Waals surface area (Å²) < 4.78 is 12.2. The van der Waals surface area contributed by atoms with Crippen LogP contribution in [0.5, 0.6) is 5.75 Å². The second kappa shape index (κ2) is 8.79. The lowest BCUT2D eigenvalue weighted by Crippen LogP contribution is -2.48. The maximum absolute atomic E-state index is 12.8. The molecule has 3 aliphatic heterocycles. The topological polar surface area (TPSA) is 88.1 Å². The Bertz CT molecular complexity index is 833. The van der Waals surface area contributed by atoms with E-state index in [0.717, 1.165) is 62.2 Å². The Balaban J connectivity index is 1.29. The van der Waals surface area contributed by atoms with E-state index in [1.165, 1.54) is 6.42 Å². The highest BCUT2D eigenvalue weighted by molar-refractivity contribution is 5.93. The van der Waals surface area contributed by atoms with E-state index < -0.39 is 6.10 Å². The van der Waals surface area contributed by atoms with Gasteiger partial charge in [-0.15, -0.1) is 0 Å². The van der Waals surface area contributed by atoms with Crippen molar-refractivity contribution < 1.29 is 24.2 Å². The highest BCUT2D eigenvalue weighted by Crippen LogP contribution is 2.47. The van der Waals surface area contributed by atoms with Gasteiger partial charge in [-0.3, -0.25) is 9.59 Å². The molecule has 1 aliphatic carbocycles. The first-order valence-corrected chi connectivity index (χ1v) is 11.8. The molecule has 5 rings (SSSR count). The average Bonchev–Trinajstić information content (AvgIpc) is 3.10. The third-order valence-corrected chi connectivity index (χ3v) is 7.35. The molecule has 0 spiro atoms. The SMILES string of the molecule is O=C(Nc1ccc2c(c1)[C@H]1C[C@@H](CC(=O)N3CCCCC3)O[C@H](CO)[C@H]1O2)C1CCC1. The minimum Gasteiger partial charge on any atom is -0.487 e. The summed E-state index contributed by atoms with van der Waals surface area (Å²) >= 11 is 0. The Hall–Kier alpha value is -2.12. The number of aliphatic hydroxyl groups excluding tert-OH is 1. The van der Waals surface area contributed by atoms with Crippen molar-refractivity contribution in [2.45, 2.75) is 75.6 Å². The van der Waals surface area contributed by atoms with Crippen molar-refractivity contribution in [2.75, 3.05) is 25.0 Å². The molecule has 3 fully saturated rings. The van der Waals surface area contributed by atoms with Gasteiger partial charge in [0.25, 0.3) is 0 Å². The molecule has 31 heavy (non-hydrogen) atoms. The number of likely N-dealkylation sites (tertiary alicyclic amines) is 1. The predicted octanol–water partition coefficient (Wildman–Crippen LogP) is 2.82. The van der Waals surface area contributed by atoms with E-state index in [1.807, 2.05) is 23.1 Å². The van der Waals surface area contributed by atoms with Gasteiger partial charge in [-0.2, -0.15) is 0 Å². The Morgan fingerprint density at radius 2 is 1.94 bits per heavy atom. The lowest BCUT2D eigenvalue weighted by atomic mass is 9.83. The van der Waals surface area contributed by atoms with E-state index in [-0.39, 0.29) is 42.5 Å². The van der Waals surface area contributed by atoms with Crippen LogP contribution in [-0.4, -0.2) is 59.8 Å². The number of aliphatic hydroxyl groups is 1. The third-order valence-electron chi connectivity index (χ3n) is 7.35. The van der Waals surface area contributed by atoms with Crippen molar-refractivity contribution >= 4 is 17.5 Å². The van der Waals surface area contributed by atoms with Crippen molar-refractivity contribution in [1.82, 2.24) is 4.90 Å². The van der Waals surface area contributed by atoms with Crippen LogP contribution in [0.4, 0.5) is 5.69 Å². The molecule has 1 aromatic rings. The number of carbonyl (C=O) groups is 2. The van der Waals surface area contributed by atoms with E-state index >= 15 is 0 Å². The zero-order valence-electron chi connectivity index (χ0n) is 17.9. The van der Waals surface area contributed by atoms with Crippen molar-refractivity contribution in [3.63, 3.8) is 0 Å². The quantitative estimate of drug-likeness (QED) is 0.753. The Morgan fingerprint density at radius 1 is 1.13 bits per heavy atom. The standard InChI is InChI=1S/C24H32N2O5/c27-14-21-23-19(12-17(30-21)13-22(28)26-9-2-1-3-10-26)18-11-16(7-8-20(18)31-23)25-24(29)15-5-4-6-15/h7-8,11,15,17,19,21,23,27H,1-6,9-10,12-14H2,(H,25,29)/t17-,19+,21+,23-/m0/s1. The molecule has 2 amide bonds. The zero-order valence-corrected chi connectivity index (χ0v) is 17.9. The number of rotatable bonds is 5. The summed E-state index contributed by atoms with van der Waals surface area (Å²) in [5, 5.41) is 13.0. The minimum atomic E-state index is -0.460. The number of nitrogens with zero attached hydrogens (tertiary/aromatic N) is 1. The van der Waals surface area contributed by atoms with Crippen LogP contribution < -0.4 is 10.1 Å². The lowest BCUT2D eigenvalue weighted by molar-refractivity contribution is -0.149. The molecule has 1 saturated carbocycles. The van der Waals surface area contributed by atoms with Gasteiger partial charge in [0.05, 0.1) is 19.1 Å². The normalized spacial score (nSPS) is 30.0. The highest BCUT2D eigenvalue weighted by Gasteiger charge is 2.46. The minimum absolute atomic E-state index is 0.0422. The summed E-state index contributed by atoms with van der Waals surface area (Å²) in [4.78, 5) is 27.1. The molecule has 4 aliphatic rings. The average molecular weight is 429 g/mol. The monoisotopic (exact) mass is 428 g/mol. The van der Waals surface area contributed by atoms with Crippen LogP contribution in [0.3, 0.4) is 0 Å². The van der Waals surface area contributed by atoms with Gasteiger partial charge in [0, 0.05) is 36.2 Å². The first-order valence-electron chi connectivity index (χ1n) is 11.8. The van der Waals surface area contributed by atoms with Gasteiger partial charge in [0.2, 0.25) is 11.8 Å². The number of anilines is 1. The Labute approximate surface area is 183 Å². The van der Waals surface area contributed by atoms with Crippen LogP contribution in [0.25, 0.3) is 0 Å². The van der Waals surface area contributed by atoms with E-state index in [0.29, 0.717) is 12.8 Å².